The van der Waals surface area contributed by atoms with Crippen LogP contribution < -0.4 is 0 Å². The molecule has 1 aliphatic heterocycles. The largest absolute Gasteiger partial charge is 0.763 e. The first kappa shape index (κ1) is 18.1. The van der Waals surface area contributed by atoms with Crippen LogP contribution in [0, 0.1) is 60.7 Å². The highest BCUT2D eigenvalue weighted by molar-refractivity contribution is 4.85. The SMILES string of the molecule is O=[N+]([O-])N1CCN([N+](=O)[O-])C([N+](=O)[O-])([N+](=O)[O-])C1([N+](=O)[O-])[N+](=O)[O-]. The van der Waals surface area contributed by atoms with Crippen LogP contribution >= 0.6 is 0 Å². The van der Waals surface area contributed by atoms with Crippen molar-refractivity contribution in [3.8, 4) is 0 Å². The van der Waals surface area contributed by atoms with Crippen molar-refractivity contribution >= 4 is 0 Å². The predicted molar refractivity (Wildman–Crippen MR) is 60.8 cm³/mol. The van der Waals surface area contributed by atoms with Crippen molar-refractivity contribution in [2.24, 2.45) is 0 Å². The minimum absolute atomic E-state index is 0.987. The Hall–Kier alpha value is -4.00. The van der Waals surface area contributed by atoms with Crippen LogP contribution in [-0.4, -0.2) is 64.4 Å². The second kappa shape index (κ2) is 5.33. The number of nitrogens with zero attached hydrogens (tertiary/aromatic N) is 8. The van der Waals surface area contributed by atoms with Crippen molar-refractivity contribution < 1.29 is 29.8 Å². The van der Waals surface area contributed by atoms with Gasteiger partial charge in [0.1, 0.15) is 32.8 Å². The first-order valence-electron chi connectivity index (χ1n) is 5.31. The fourth-order valence-corrected chi connectivity index (χ4v) is 2.24. The Bertz CT molecular complexity index is 573. The lowest BCUT2D eigenvalue weighted by atomic mass is 10.1. The summed E-state index contributed by atoms with van der Waals surface area (Å²) < 4.78 is 0. The van der Waals surface area contributed by atoms with Gasteiger partial charge in [-0.3, -0.25) is 40.5 Å². The molecule has 0 atom stereocenters. The van der Waals surface area contributed by atoms with E-state index in [4.69, 9.17) is 0 Å². The number of hydrazine groups is 2. The highest BCUT2D eigenvalue weighted by Gasteiger charge is 3.06. The summed E-state index contributed by atoms with van der Waals surface area (Å²) in [7, 11) is 0. The lowest BCUT2D eigenvalue weighted by Crippen LogP contribution is -2.88. The van der Waals surface area contributed by atoms with Crippen molar-refractivity contribution in [1.29, 1.82) is 0 Å². The number of hydrogen-bond donors (Lipinski definition) is 0. The Morgan fingerprint density at radius 3 is 0.875 bits per heavy atom. The summed E-state index contributed by atoms with van der Waals surface area (Å²) in [6.45, 7) is -2.89. The van der Waals surface area contributed by atoms with Gasteiger partial charge >= 0.3 is 11.6 Å². The van der Waals surface area contributed by atoms with Gasteiger partial charge in [0, 0.05) is 10.0 Å². The smallest absolute Gasteiger partial charge is 0.256 e. The van der Waals surface area contributed by atoms with Gasteiger partial charge in [-0.05, 0) is 0 Å². The quantitative estimate of drug-likeness (QED) is 0.268. The Balaban J connectivity index is 4.11. The van der Waals surface area contributed by atoms with E-state index in [1.54, 1.807) is 0 Å². The fraction of sp³-hybridized carbons (Fsp3) is 1.00. The van der Waals surface area contributed by atoms with E-state index in [0.29, 0.717) is 0 Å². The maximum Gasteiger partial charge on any atom is 0.763 e. The molecule has 1 saturated heterocycles. The van der Waals surface area contributed by atoms with E-state index in [1.807, 2.05) is 0 Å². The molecule has 0 spiro atoms. The minimum atomic E-state index is -4.91. The van der Waals surface area contributed by atoms with Gasteiger partial charge in [0.2, 0.25) is 0 Å². The van der Waals surface area contributed by atoms with Crippen LogP contribution in [0.25, 0.3) is 0 Å². The van der Waals surface area contributed by atoms with Crippen molar-refractivity contribution in [2.45, 2.75) is 11.6 Å². The van der Waals surface area contributed by atoms with Gasteiger partial charge in [-0.2, -0.15) is 0 Å². The summed E-state index contributed by atoms with van der Waals surface area (Å²) in [4.78, 5) is 57.4. The molecule has 1 rings (SSSR count). The number of piperazine rings is 1. The molecule has 20 heteroatoms. The molecule has 0 unspecified atom stereocenters. The lowest BCUT2D eigenvalue weighted by Gasteiger charge is -2.31. The summed E-state index contributed by atoms with van der Waals surface area (Å²) in [5.74, 6) is -9.82. The normalized spacial score (nSPS) is 18.5. The molecule has 0 radical (unpaired) electrons. The van der Waals surface area contributed by atoms with E-state index in [2.05, 4.69) is 0 Å². The van der Waals surface area contributed by atoms with Crippen LogP contribution in [0.15, 0.2) is 0 Å². The van der Waals surface area contributed by atoms with Gasteiger partial charge in [0.05, 0.1) is 0 Å². The first-order valence-corrected chi connectivity index (χ1v) is 5.31. The van der Waals surface area contributed by atoms with Crippen LogP contribution in [0.1, 0.15) is 0 Å². The average Bonchev–Trinajstić information content (AvgIpc) is 2.43. The molecule has 0 amide bonds. The molecule has 0 aliphatic carbocycles. The summed E-state index contributed by atoms with van der Waals surface area (Å²) in [5.41, 5.74) is 0. The summed E-state index contributed by atoms with van der Waals surface area (Å²) in [5, 5.41) is 60.8. The molecule has 1 fully saturated rings. The molecule has 20 nitrogen and oxygen atoms in total. The van der Waals surface area contributed by atoms with Gasteiger partial charge < -0.3 is 0 Å². The van der Waals surface area contributed by atoms with E-state index >= 15 is 0 Å². The zero-order chi connectivity index (χ0) is 19.0. The molecule has 0 N–H and O–H groups in total. The summed E-state index contributed by atoms with van der Waals surface area (Å²) >= 11 is 0. The lowest BCUT2D eigenvalue weighted by molar-refractivity contribution is -1.04. The van der Waals surface area contributed by atoms with Crippen molar-refractivity contribution in [3.05, 3.63) is 60.7 Å². The van der Waals surface area contributed by atoms with E-state index in [1.165, 1.54) is 0 Å². The second-order valence-corrected chi connectivity index (χ2v) is 4.02. The molecule has 0 bridgehead atoms. The molecule has 132 valence electrons. The van der Waals surface area contributed by atoms with Crippen molar-refractivity contribution in [3.63, 3.8) is 0 Å². The van der Waals surface area contributed by atoms with Crippen LogP contribution in [0.4, 0.5) is 0 Å². The zero-order valence-electron chi connectivity index (χ0n) is 10.9. The molecule has 1 aliphatic rings. The van der Waals surface area contributed by atoms with Gasteiger partial charge in [-0.15, -0.1) is 0 Å². The van der Waals surface area contributed by atoms with E-state index < -0.39 is 64.4 Å². The van der Waals surface area contributed by atoms with E-state index in [9.17, 15) is 60.7 Å². The third-order valence-electron chi connectivity index (χ3n) is 3.11. The molecule has 24 heavy (non-hydrogen) atoms. The van der Waals surface area contributed by atoms with E-state index in [-0.39, 0.29) is 0 Å². The Morgan fingerprint density at radius 2 is 0.750 bits per heavy atom. The zero-order valence-corrected chi connectivity index (χ0v) is 10.9. The Kier molecular flexibility index (Phi) is 4.01. The Morgan fingerprint density at radius 1 is 0.542 bits per heavy atom. The van der Waals surface area contributed by atoms with Gasteiger partial charge in [-0.1, -0.05) is 0 Å². The van der Waals surface area contributed by atoms with Gasteiger partial charge in [0.25, 0.3) is 0 Å². The molecule has 0 aromatic heterocycles. The van der Waals surface area contributed by atoms with Gasteiger partial charge in [0.15, 0.2) is 10.1 Å². The minimum Gasteiger partial charge on any atom is -0.256 e. The number of rotatable bonds is 6. The predicted octanol–water partition coefficient (Wildman–Crippen LogP) is -2.60. The van der Waals surface area contributed by atoms with E-state index in [0.717, 1.165) is 0 Å². The number of hydrogen-bond acceptors (Lipinski definition) is 12. The van der Waals surface area contributed by atoms with Crippen LogP contribution in [0.3, 0.4) is 0 Å². The topological polar surface area (TPSA) is 265 Å². The van der Waals surface area contributed by atoms with Crippen LogP contribution in [-0.2, 0) is 0 Å². The monoisotopic (exact) mass is 356 g/mol. The van der Waals surface area contributed by atoms with Crippen LogP contribution in [0.2, 0.25) is 0 Å². The third kappa shape index (κ3) is 1.78. The highest BCUT2D eigenvalue weighted by Crippen LogP contribution is 2.40. The number of nitro groups is 6. The molecular formula is C4H4N8O12. The second-order valence-electron chi connectivity index (χ2n) is 4.02. The molecule has 1 heterocycles. The molecule has 0 saturated carbocycles. The molecular weight excluding hydrogens is 352 g/mol. The molecule has 0 aromatic carbocycles. The summed E-state index contributed by atoms with van der Waals surface area (Å²) in [6, 6.07) is 0. The van der Waals surface area contributed by atoms with Crippen molar-refractivity contribution in [1.82, 2.24) is 10.0 Å². The average molecular weight is 356 g/mol. The Labute approximate surface area is 126 Å². The fourth-order valence-electron chi connectivity index (χ4n) is 2.24. The standard InChI is InChI=1S/C4H4N8O12/c13-7(14)3(8(15)16)4(9(17)18,10(19)20)6(12(23)24)2-1-5(3)11(21)22/h1-2H2. The highest BCUT2D eigenvalue weighted by atomic mass is 16.8. The maximum absolute atomic E-state index is 11.2. The van der Waals surface area contributed by atoms with Gasteiger partial charge in [-0.25, -0.2) is 20.2 Å². The molecule has 0 aromatic rings. The summed E-state index contributed by atoms with van der Waals surface area (Å²) in [6.07, 6.45) is 0. The van der Waals surface area contributed by atoms with Crippen LogP contribution in [0.5, 0.6) is 0 Å². The first-order chi connectivity index (χ1) is 10.9. The van der Waals surface area contributed by atoms with Crippen molar-refractivity contribution in [2.75, 3.05) is 13.1 Å². The third-order valence-corrected chi connectivity index (χ3v) is 3.11. The maximum atomic E-state index is 11.2.